The average molecular weight is 593 g/mol. The quantitative estimate of drug-likeness (QED) is 0.361. The van der Waals surface area contributed by atoms with E-state index in [1.54, 1.807) is 25.2 Å². The number of carbonyl (C=O) groups is 2. The Hall–Kier alpha value is -4.49. The molecular weight excluding hydrogens is 562 g/mol. The van der Waals surface area contributed by atoms with Gasteiger partial charge in [-0.25, -0.2) is 23.7 Å². The Bertz CT molecular complexity index is 1770. The van der Waals surface area contributed by atoms with Crippen LogP contribution in [0.3, 0.4) is 0 Å². The summed E-state index contributed by atoms with van der Waals surface area (Å²) >= 11 is 0. The van der Waals surface area contributed by atoms with Crippen LogP contribution in [0.5, 0.6) is 5.75 Å². The summed E-state index contributed by atoms with van der Waals surface area (Å²) in [7, 11) is 0. The number of benzene rings is 1. The van der Waals surface area contributed by atoms with Crippen molar-refractivity contribution in [2.45, 2.75) is 58.5 Å². The molecule has 0 bridgehead atoms. The van der Waals surface area contributed by atoms with Crippen LogP contribution >= 0.6 is 0 Å². The Balaban J connectivity index is 1.41. The van der Waals surface area contributed by atoms with E-state index in [0.717, 1.165) is 6.07 Å². The number of β-amino-alcohol motifs (C(OH)–C–C–N with tert-alkyl or cyclic N) is 1. The number of ether oxygens (including phenoxy) is 1. The van der Waals surface area contributed by atoms with Crippen molar-refractivity contribution in [2.24, 2.45) is 0 Å². The average Bonchev–Trinajstić information content (AvgIpc) is 3.52. The maximum atomic E-state index is 15.4. The van der Waals surface area contributed by atoms with Gasteiger partial charge >= 0.3 is 0 Å². The summed E-state index contributed by atoms with van der Waals surface area (Å²) in [5.41, 5.74) is 0.697. The molecule has 2 amide bonds. The molecule has 1 fully saturated rings. The summed E-state index contributed by atoms with van der Waals surface area (Å²) in [5.74, 6) is -2.26. The number of hydrogen-bond acceptors (Lipinski definition) is 8. The number of anilines is 1. The first-order valence-electron chi connectivity index (χ1n) is 13.8. The highest BCUT2D eigenvalue weighted by Crippen LogP contribution is 2.39. The standard InChI is InChI=1S/C30H30F2N6O5/c1-15-24(37-13-20(21(31)9-25(37)35-15)18-10-33-29(34-11-18)30(3,4)42)14-38-23-8-17(28(41)36-6-5-19(39)12-36)7-22(32)26(23)43-16(2)27(38)40/h7-11,13,16,19,39,42H,5-6,12,14H2,1-4H3. The highest BCUT2D eigenvalue weighted by atomic mass is 19.1. The topological polar surface area (TPSA) is 133 Å². The minimum Gasteiger partial charge on any atom is -0.476 e. The van der Waals surface area contributed by atoms with Crippen LogP contribution < -0.4 is 9.64 Å². The minimum absolute atomic E-state index is 0.0232. The second-order valence-corrected chi connectivity index (χ2v) is 11.4. The summed E-state index contributed by atoms with van der Waals surface area (Å²) in [6.07, 6.45) is 3.13. The molecule has 43 heavy (non-hydrogen) atoms. The number of amides is 2. The van der Waals surface area contributed by atoms with Gasteiger partial charge in [0.1, 0.15) is 17.1 Å². The number of pyridine rings is 1. The van der Waals surface area contributed by atoms with Gasteiger partial charge in [-0.05, 0) is 46.2 Å². The molecule has 5 heterocycles. The van der Waals surface area contributed by atoms with Crippen molar-refractivity contribution in [1.29, 1.82) is 0 Å². The first-order valence-corrected chi connectivity index (χ1v) is 13.8. The molecule has 2 atom stereocenters. The minimum atomic E-state index is -1.27. The highest BCUT2D eigenvalue weighted by molar-refractivity contribution is 6.02. The number of imidazole rings is 1. The van der Waals surface area contributed by atoms with Gasteiger partial charge in [-0.15, -0.1) is 0 Å². The molecule has 11 nitrogen and oxygen atoms in total. The third kappa shape index (κ3) is 5.08. The van der Waals surface area contributed by atoms with Gasteiger partial charge in [0, 0.05) is 54.4 Å². The molecule has 1 aromatic carbocycles. The van der Waals surface area contributed by atoms with Crippen LogP contribution in [0.25, 0.3) is 16.8 Å². The molecule has 0 aliphatic carbocycles. The second kappa shape index (κ2) is 10.3. The van der Waals surface area contributed by atoms with Gasteiger partial charge in [-0.1, -0.05) is 0 Å². The first kappa shape index (κ1) is 28.6. The van der Waals surface area contributed by atoms with Gasteiger partial charge in [0.2, 0.25) is 0 Å². The van der Waals surface area contributed by atoms with Crippen LogP contribution in [0.15, 0.2) is 36.8 Å². The van der Waals surface area contributed by atoms with Crippen molar-refractivity contribution < 1.29 is 33.3 Å². The largest absolute Gasteiger partial charge is 0.476 e. The summed E-state index contributed by atoms with van der Waals surface area (Å²) in [4.78, 5) is 42.2. The van der Waals surface area contributed by atoms with E-state index in [-0.39, 0.29) is 41.5 Å². The summed E-state index contributed by atoms with van der Waals surface area (Å²) in [6.45, 7) is 6.71. The van der Waals surface area contributed by atoms with Crippen LogP contribution in [-0.4, -0.2) is 71.6 Å². The molecule has 0 radical (unpaired) electrons. The number of nitrogens with zero attached hydrogens (tertiary/aromatic N) is 6. The number of hydrogen-bond donors (Lipinski definition) is 2. The lowest BCUT2D eigenvalue weighted by Gasteiger charge is -2.33. The van der Waals surface area contributed by atoms with Crippen molar-refractivity contribution in [3.05, 3.63) is 71.2 Å². The van der Waals surface area contributed by atoms with Gasteiger partial charge in [-0.3, -0.25) is 14.5 Å². The Morgan fingerprint density at radius 2 is 1.88 bits per heavy atom. The summed E-state index contributed by atoms with van der Waals surface area (Å²) in [5, 5.41) is 20.0. The van der Waals surface area contributed by atoms with E-state index < -0.39 is 41.3 Å². The van der Waals surface area contributed by atoms with Crippen LogP contribution in [0, 0.1) is 18.6 Å². The molecule has 1 saturated heterocycles. The lowest BCUT2D eigenvalue weighted by Crippen LogP contribution is -2.44. The monoisotopic (exact) mass is 592 g/mol. The van der Waals surface area contributed by atoms with Crippen LogP contribution in [0.2, 0.25) is 0 Å². The normalized spacial score (nSPS) is 18.7. The van der Waals surface area contributed by atoms with Gasteiger partial charge in [0.25, 0.3) is 11.8 Å². The highest BCUT2D eigenvalue weighted by Gasteiger charge is 2.36. The zero-order valence-electron chi connectivity index (χ0n) is 24.0. The predicted octanol–water partition coefficient (Wildman–Crippen LogP) is 3.13. The van der Waals surface area contributed by atoms with E-state index in [1.165, 1.54) is 47.4 Å². The molecule has 2 aliphatic rings. The maximum Gasteiger partial charge on any atom is 0.268 e. The number of aryl methyl sites for hydroxylation is 1. The number of halogens is 2. The fourth-order valence-electron chi connectivity index (χ4n) is 5.42. The van der Waals surface area contributed by atoms with Crippen molar-refractivity contribution in [3.63, 3.8) is 0 Å². The van der Waals surface area contributed by atoms with Crippen LogP contribution in [-0.2, 0) is 16.9 Å². The molecule has 6 rings (SSSR count). The Morgan fingerprint density at radius 1 is 1.16 bits per heavy atom. The Kier molecular flexibility index (Phi) is 6.89. The Labute approximate surface area is 245 Å². The van der Waals surface area contributed by atoms with Crippen LogP contribution in [0.4, 0.5) is 14.5 Å². The van der Waals surface area contributed by atoms with Crippen LogP contribution in [0.1, 0.15) is 54.8 Å². The first-order chi connectivity index (χ1) is 20.3. The molecule has 13 heteroatoms. The second-order valence-electron chi connectivity index (χ2n) is 11.4. The molecule has 2 aliphatic heterocycles. The molecule has 224 valence electrons. The fourth-order valence-corrected chi connectivity index (χ4v) is 5.42. The van der Waals surface area contributed by atoms with Gasteiger partial charge in [-0.2, -0.15) is 0 Å². The summed E-state index contributed by atoms with van der Waals surface area (Å²) < 4.78 is 37.8. The van der Waals surface area contributed by atoms with Gasteiger partial charge in [0.15, 0.2) is 23.5 Å². The molecule has 2 N–H and O–H groups in total. The SMILES string of the molecule is Cc1nc2cc(F)c(-c3cnc(C(C)(C)O)nc3)cn2c1CN1C(=O)C(C)Oc2c(F)cc(C(=O)N3CCC(O)C3)cc21. The number of carbonyl (C=O) groups excluding carboxylic acids is 2. The number of aromatic nitrogens is 4. The van der Waals surface area contributed by atoms with Gasteiger partial charge in [0.05, 0.1) is 29.7 Å². The van der Waals surface area contributed by atoms with Crippen molar-refractivity contribution >= 4 is 23.1 Å². The van der Waals surface area contributed by atoms with E-state index in [4.69, 9.17) is 4.74 Å². The molecule has 3 aromatic heterocycles. The number of rotatable bonds is 5. The van der Waals surface area contributed by atoms with E-state index in [1.807, 2.05) is 0 Å². The molecule has 0 spiro atoms. The number of fused-ring (bicyclic) bond motifs is 2. The zero-order valence-corrected chi connectivity index (χ0v) is 24.0. The van der Waals surface area contributed by atoms with E-state index in [9.17, 15) is 19.8 Å². The van der Waals surface area contributed by atoms with E-state index in [2.05, 4.69) is 15.0 Å². The zero-order chi connectivity index (χ0) is 30.8. The third-order valence-electron chi connectivity index (χ3n) is 7.75. The number of aliphatic hydroxyl groups is 2. The molecule has 0 saturated carbocycles. The predicted molar refractivity (Wildman–Crippen MR) is 150 cm³/mol. The Morgan fingerprint density at radius 3 is 2.53 bits per heavy atom. The number of likely N-dealkylation sites (tertiary alicyclic amines) is 1. The smallest absolute Gasteiger partial charge is 0.268 e. The third-order valence-corrected chi connectivity index (χ3v) is 7.75. The number of aliphatic hydroxyl groups excluding tert-OH is 1. The lowest BCUT2D eigenvalue weighted by molar-refractivity contribution is -0.125. The summed E-state index contributed by atoms with van der Waals surface area (Å²) in [6, 6.07) is 3.75. The van der Waals surface area contributed by atoms with E-state index in [0.29, 0.717) is 35.6 Å². The van der Waals surface area contributed by atoms with Crippen molar-refractivity contribution in [3.8, 4) is 16.9 Å². The van der Waals surface area contributed by atoms with Crippen molar-refractivity contribution in [1.82, 2.24) is 24.3 Å². The van der Waals surface area contributed by atoms with Crippen molar-refractivity contribution in [2.75, 3.05) is 18.0 Å². The molecular formula is C30H30F2N6O5. The van der Waals surface area contributed by atoms with Gasteiger partial charge < -0.3 is 24.3 Å². The van der Waals surface area contributed by atoms with E-state index >= 15 is 8.78 Å². The fraction of sp³-hybridized carbons (Fsp3) is 0.367. The molecule has 4 aromatic rings. The lowest BCUT2D eigenvalue weighted by atomic mass is 10.1. The maximum absolute atomic E-state index is 15.4. The molecule has 2 unspecified atom stereocenters.